The second-order valence-corrected chi connectivity index (χ2v) is 5.26. The predicted octanol–water partition coefficient (Wildman–Crippen LogP) is 2.35. The van der Waals surface area contributed by atoms with Gasteiger partial charge in [0.1, 0.15) is 6.54 Å². The number of hydrogen-bond acceptors (Lipinski definition) is 3. The number of aliphatic carboxylic acids is 1. The van der Waals surface area contributed by atoms with Gasteiger partial charge in [0.15, 0.2) is 5.82 Å². The van der Waals surface area contributed by atoms with Crippen molar-refractivity contribution in [2.24, 2.45) is 0 Å². The van der Waals surface area contributed by atoms with E-state index in [1.165, 1.54) is 5.56 Å². The average molecular weight is 309 g/mol. The van der Waals surface area contributed by atoms with Crippen molar-refractivity contribution in [2.75, 3.05) is 6.54 Å². The van der Waals surface area contributed by atoms with Crippen molar-refractivity contribution in [2.45, 2.75) is 6.92 Å². The third-order valence-corrected chi connectivity index (χ3v) is 3.45. The van der Waals surface area contributed by atoms with E-state index >= 15 is 0 Å². The molecule has 1 aromatic heterocycles. The zero-order valence-electron chi connectivity index (χ0n) is 12.5. The first-order valence-electron chi connectivity index (χ1n) is 7.10. The van der Waals surface area contributed by atoms with Crippen molar-refractivity contribution in [3.8, 4) is 11.1 Å². The number of carbonyl (C=O) groups excluding carboxylic acids is 1. The molecular formula is C17H15N3O3. The number of carbonyl (C=O) groups is 2. The quantitative estimate of drug-likeness (QED) is 0.689. The highest BCUT2D eigenvalue weighted by Gasteiger charge is 2.12. The summed E-state index contributed by atoms with van der Waals surface area (Å²) in [5, 5.41) is 10.9. The van der Waals surface area contributed by atoms with Crippen molar-refractivity contribution < 1.29 is 14.7 Å². The van der Waals surface area contributed by atoms with Crippen LogP contribution in [0.4, 0.5) is 0 Å². The van der Waals surface area contributed by atoms with Crippen LogP contribution in [0, 0.1) is 6.92 Å². The maximum Gasteiger partial charge on any atom is 0.322 e. The Hall–Kier alpha value is -3.15. The van der Waals surface area contributed by atoms with Crippen LogP contribution in [0.3, 0.4) is 0 Å². The number of aryl methyl sites for hydroxylation is 1. The van der Waals surface area contributed by atoms with E-state index in [1.54, 1.807) is 0 Å². The molecule has 0 unspecified atom stereocenters. The number of H-pyrrole nitrogens is 1. The number of hydrogen-bond donors (Lipinski definition) is 3. The lowest BCUT2D eigenvalue weighted by Gasteiger charge is -2.02. The Morgan fingerprint density at radius 3 is 2.70 bits per heavy atom. The second-order valence-electron chi connectivity index (χ2n) is 5.26. The number of rotatable bonds is 4. The summed E-state index contributed by atoms with van der Waals surface area (Å²) < 4.78 is 0. The van der Waals surface area contributed by atoms with Gasteiger partial charge in [-0.25, -0.2) is 4.98 Å². The molecule has 23 heavy (non-hydrogen) atoms. The van der Waals surface area contributed by atoms with Crippen LogP contribution in [0.1, 0.15) is 16.2 Å². The topological polar surface area (TPSA) is 95.1 Å². The van der Waals surface area contributed by atoms with Crippen molar-refractivity contribution in [3.05, 3.63) is 53.9 Å². The van der Waals surface area contributed by atoms with Gasteiger partial charge in [-0.1, -0.05) is 35.9 Å². The Morgan fingerprint density at radius 2 is 1.96 bits per heavy atom. The molecule has 6 nitrogen and oxygen atoms in total. The smallest absolute Gasteiger partial charge is 0.322 e. The van der Waals surface area contributed by atoms with Crippen molar-refractivity contribution in [1.29, 1.82) is 0 Å². The molecule has 0 saturated carbocycles. The molecule has 3 aromatic rings. The summed E-state index contributed by atoms with van der Waals surface area (Å²) in [5.41, 5.74) is 4.65. The van der Waals surface area contributed by atoms with E-state index in [1.807, 2.05) is 43.3 Å². The molecule has 116 valence electrons. The van der Waals surface area contributed by atoms with Crippen LogP contribution in [-0.4, -0.2) is 33.5 Å². The van der Waals surface area contributed by atoms with Gasteiger partial charge in [0.2, 0.25) is 0 Å². The van der Waals surface area contributed by atoms with Crippen LogP contribution in [0.25, 0.3) is 22.2 Å². The first-order chi connectivity index (χ1) is 11.0. The number of benzene rings is 2. The molecule has 6 heteroatoms. The standard InChI is InChI=1S/C17H15N3O3/c1-10-3-2-4-11(7-10)12-5-6-13-14(8-12)20-16(19-13)17(23)18-9-15(21)22/h2-8H,9H2,1H3,(H,18,23)(H,19,20)(H,21,22). The van der Waals surface area contributed by atoms with Crippen LogP contribution >= 0.6 is 0 Å². The second kappa shape index (κ2) is 5.92. The van der Waals surface area contributed by atoms with Gasteiger partial charge in [-0.15, -0.1) is 0 Å². The molecule has 0 spiro atoms. The number of amides is 1. The van der Waals surface area contributed by atoms with E-state index in [2.05, 4.69) is 21.4 Å². The van der Waals surface area contributed by atoms with Gasteiger partial charge in [0, 0.05) is 0 Å². The van der Waals surface area contributed by atoms with E-state index < -0.39 is 18.4 Å². The lowest BCUT2D eigenvalue weighted by Crippen LogP contribution is -2.29. The lowest BCUT2D eigenvalue weighted by atomic mass is 10.0. The number of fused-ring (bicyclic) bond motifs is 1. The van der Waals surface area contributed by atoms with Crippen molar-refractivity contribution in [3.63, 3.8) is 0 Å². The van der Waals surface area contributed by atoms with Gasteiger partial charge in [0.25, 0.3) is 5.91 Å². The molecule has 0 aliphatic heterocycles. The van der Waals surface area contributed by atoms with E-state index in [-0.39, 0.29) is 5.82 Å². The molecule has 3 N–H and O–H groups in total. The first-order valence-corrected chi connectivity index (χ1v) is 7.10. The molecule has 0 aliphatic carbocycles. The molecule has 0 radical (unpaired) electrons. The summed E-state index contributed by atoms with van der Waals surface area (Å²) in [7, 11) is 0. The van der Waals surface area contributed by atoms with E-state index in [0.29, 0.717) is 5.52 Å². The van der Waals surface area contributed by atoms with Crippen LogP contribution in [0.15, 0.2) is 42.5 Å². The van der Waals surface area contributed by atoms with Gasteiger partial charge in [-0.05, 0) is 30.2 Å². The number of imidazole rings is 1. The lowest BCUT2D eigenvalue weighted by molar-refractivity contribution is -0.135. The van der Waals surface area contributed by atoms with Gasteiger partial charge in [-0.2, -0.15) is 0 Å². The fourth-order valence-electron chi connectivity index (χ4n) is 2.36. The molecule has 0 atom stereocenters. The minimum absolute atomic E-state index is 0.0997. The summed E-state index contributed by atoms with van der Waals surface area (Å²) in [4.78, 5) is 29.5. The normalized spacial score (nSPS) is 10.7. The maximum atomic E-state index is 11.9. The van der Waals surface area contributed by atoms with Gasteiger partial charge in [-0.3, -0.25) is 9.59 Å². The minimum Gasteiger partial charge on any atom is -0.480 e. The van der Waals surface area contributed by atoms with Gasteiger partial charge < -0.3 is 15.4 Å². The van der Waals surface area contributed by atoms with E-state index in [4.69, 9.17) is 5.11 Å². The van der Waals surface area contributed by atoms with Gasteiger partial charge >= 0.3 is 5.97 Å². The zero-order chi connectivity index (χ0) is 16.4. The highest BCUT2D eigenvalue weighted by molar-refractivity contribution is 5.96. The number of nitrogens with zero attached hydrogens (tertiary/aromatic N) is 1. The fraction of sp³-hybridized carbons (Fsp3) is 0.118. The monoisotopic (exact) mass is 309 g/mol. The molecular weight excluding hydrogens is 294 g/mol. The maximum absolute atomic E-state index is 11.9. The largest absolute Gasteiger partial charge is 0.480 e. The van der Waals surface area contributed by atoms with Crippen LogP contribution in [0.2, 0.25) is 0 Å². The van der Waals surface area contributed by atoms with Crippen LogP contribution in [0.5, 0.6) is 0 Å². The Balaban J connectivity index is 1.92. The Morgan fingerprint density at radius 1 is 1.17 bits per heavy atom. The Kier molecular flexibility index (Phi) is 3.80. The molecule has 1 heterocycles. The molecule has 0 fully saturated rings. The highest BCUT2D eigenvalue weighted by Crippen LogP contribution is 2.24. The molecule has 2 aromatic carbocycles. The molecule has 0 saturated heterocycles. The zero-order valence-corrected chi connectivity index (χ0v) is 12.5. The summed E-state index contributed by atoms with van der Waals surface area (Å²) in [6.45, 7) is 1.59. The first kappa shape index (κ1) is 14.8. The third kappa shape index (κ3) is 3.21. The summed E-state index contributed by atoms with van der Waals surface area (Å²) in [5.74, 6) is -1.54. The van der Waals surface area contributed by atoms with Crippen molar-refractivity contribution >= 4 is 22.9 Å². The third-order valence-electron chi connectivity index (χ3n) is 3.45. The summed E-state index contributed by atoms with van der Waals surface area (Å²) in [6, 6.07) is 13.8. The van der Waals surface area contributed by atoms with E-state index in [0.717, 1.165) is 16.6 Å². The highest BCUT2D eigenvalue weighted by atomic mass is 16.4. The Labute approximate surface area is 132 Å². The van der Waals surface area contributed by atoms with Gasteiger partial charge in [0.05, 0.1) is 11.0 Å². The molecule has 0 bridgehead atoms. The number of carboxylic acid groups (broad SMARTS) is 1. The SMILES string of the molecule is Cc1cccc(-c2ccc3nc(C(=O)NCC(=O)O)[nH]c3c2)c1. The Bertz CT molecular complexity index is 899. The van der Waals surface area contributed by atoms with Crippen LogP contribution < -0.4 is 5.32 Å². The number of carboxylic acids is 1. The summed E-state index contributed by atoms with van der Waals surface area (Å²) >= 11 is 0. The van der Waals surface area contributed by atoms with Crippen LogP contribution in [-0.2, 0) is 4.79 Å². The molecule has 3 rings (SSSR count). The number of nitrogens with one attached hydrogen (secondary N) is 2. The molecule has 1 amide bonds. The molecule has 0 aliphatic rings. The average Bonchev–Trinajstić information content (AvgIpc) is 2.95. The predicted molar refractivity (Wildman–Crippen MR) is 86.2 cm³/mol. The fourth-order valence-corrected chi connectivity index (χ4v) is 2.36. The van der Waals surface area contributed by atoms with E-state index in [9.17, 15) is 9.59 Å². The van der Waals surface area contributed by atoms with Crippen molar-refractivity contribution in [1.82, 2.24) is 15.3 Å². The minimum atomic E-state index is -1.10. The number of aromatic amines is 1. The number of aromatic nitrogens is 2. The summed E-state index contributed by atoms with van der Waals surface area (Å²) in [6.07, 6.45) is 0.